The van der Waals surface area contributed by atoms with Crippen molar-refractivity contribution in [2.24, 2.45) is 0 Å². The molecule has 2 rings (SSSR count). The number of carbonyl (C=O) groups excluding carboxylic acids is 2. The van der Waals surface area contributed by atoms with Crippen molar-refractivity contribution in [3.63, 3.8) is 0 Å². The highest BCUT2D eigenvalue weighted by molar-refractivity contribution is 7.89. The first kappa shape index (κ1) is 22.6. The molecule has 0 aliphatic rings. The van der Waals surface area contributed by atoms with Crippen LogP contribution in [0, 0.1) is 0 Å². The number of anilines is 1. The minimum absolute atomic E-state index is 0.101. The van der Waals surface area contributed by atoms with Gasteiger partial charge in [-0.05, 0) is 57.0 Å². The van der Waals surface area contributed by atoms with E-state index in [1.54, 1.807) is 13.8 Å². The summed E-state index contributed by atoms with van der Waals surface area (Å²) in [6.45, 7) is 4.95. The molecule has 8 heteroatoms. The van der Waals surface area contributed by atoms with Crippen molar-refractivity contribution in [2.45, 2.75) is 50.7 Å². The van der Waals surface area contributed by atoms with Gasteiger partial charge in [-0.25, -0.2) is 13.1 Å². The zero-order chi connectivity index (χ0) is 21.4. The standard InChI is InChI=1S/C21H26N2O5S/c1-15(2)23-29(26,27)19-12-10-18(11-13-19)22-21(25)16(3)28-20(24)14-9-17-7-5-4-6-8-17/h4-8,10-13,15-16,23H,9,14H2,1-3H3,(H,22,25). The molecule has 0 heterocycles. The van der Waals surface area contributed by atoms with E-state index >= 15 is 0 Å². The van der Waals surface area contributed by atoms with Crippen LogP contribution < -0.4 is 10.0 Å². The predicted molar refractivity (Wildman–Crippen MR) is 111 cm³/mol. The topological polar surface area (TPSA) is 102 Å². The quantitative estimate of drug-likeness (QED) is 0.610. The Morgan fingerprint density at radius 3 is 2.17 bits per heavy atom. The van der Waals surface area contributed by atoms with E-state index in [1.165, 1.54) is 31.2 Å². The molecule has 156 valence electrons. The lowest BCUT2D eigenvalue weighted by molar-refractivity contribution is -0.153. The van der Waals surface area contributed by atoms with Crippen molar-refractivity contribution in [1.29, 1.82) is 0 Å². The maximum atomic E-state index is 12.2. The lowest BCUT2D eigenvalue weighted by Crippen LogP contribution is -2.30. The third-order valence-electron chi connectivity index (χ3n) is 3.96. The van der Waals surface area contributed by atoms with Crippen LogP contribution in [0.25, 0.3) is 0 Å². The second kappa shape index (κ2) is 10.2. The molecule has 0 aliphatic heterocycles. The Balaban J connectivity index is 1.86. The van der Waals surface area contributed by atoms with Crippen LogP contribution in [0.4, 0.5) is 5.69 Å². The molecule has 0 fully saturated rings. The van der Waals surface area contributed by atoms with Crippen molar-refractivity contribution < 1.29 is 22.7 Å². The molecule has 0 spiro atoms. The Kier molecular flexibility index (Phi) is 7.92. The van der Waals surface area contributed by atoms with Crippen LogP contribution in [-0.2, 0) is 30.8 Å². The van der Waals surface area contributed by atoms with Crippen molar-refractivity contribution >= 4 is 27.6 Å². The summed E-state index contributed by atoms with van der Waals surface area (Å²) in [6, 6.07) is 15.1. The van der Waals surface area contributed by atoms with Crippen LogP contribution in [0.5, 0.6) is 0 Å². The molecule has 1 amide bonds. The van der Waals surface area contributed by atoms with Gasteiger partial charge in [0.2, 0.25) is 10.0 Å². The van der Waals surface area contributed by atoms with E-state index in [1.807, 2.05) is 30.3 Å². The predicted octanol–water partition coefficient (Wildman–Crippen LogP) is 2.88. The van der Waals surface area contributed by atoms with Gasteiger partial charge in [0.25, 0.3) is 5.91 Å². The van der Waals surface area contributed by atoms with E-state index < -0.39 is 28.0 Å². The summed E-state index contributed by atoms with van der Waals surface area (Å²) in [4.78, 5) is 24.3. The number of sulfonamides is 1. The van der Waals surface area contributed by atoms with Gasteiger partial charge in [-0.3, -0.25) is 9.59 Å². The van der Waals surface area contributed by atoms with Crippen molar-refractivity contribution in [3.05, 3.63) is 60.2 Å². The molecular formula is C21H26N2O5S. The highest BCUT2D eigenvalue weighted by atomic mass is 32.2. The molecule has 2 aromatic rings. The van der Waals surface area contributed by atoms with E-state index in [9.17, 15) is 18.0 Å². The van der Waals surface area contributed by atoms with Crippen molar-refractivity contribution in [3.8, 4) is 0 Å². The van der Waals surface area contributed by atoms with E-state index in [0.29, 0.717) is 12.1 Å². The number of esters is 1. The summed E-state index contributed by atoms with van der Waals surface area (Å²) in [7, 11) is -3.60. The number of rotatable bonds is 9. The number of amides is 1. The van der Waals surface area contributed by atoms with Gasteiger partial charge < -0.3 is 10.1 Å². The second-order valence-electron chi connectivity index (χ2n) is 6.91. The summed E-state index contributed by atoms with van der Waals surface area (Å²) in [5.74, 6) is -0.952. The first-order chi connectivity index (χ1) is 13.7. The summed E-state index contributed by atoms with van der Waals surface area (Å²) < 4.78 is 31.9. The fourth-order valence-corrected chi connectivity index (χ4v) is 3.79. The van der Waals surface area contributed by atoms with E-state index in [0.717, 1.165) is 5.56 Å². The third-order valence-corrected chi connectivity index (χ3v) is 5.64. The molecule has 0 saturated carbocycles. The van der Waals surface area contributed by atoms with E-state index in [4.69, 9.17) is 4.74 Å². The third kappa shape index (κ3) is 7.32. The SMILES string of the molecule is CC(C)NS(=O)(=O)c1ccc(NC(=O)C(C)OC(=O)CCc2ccccc2)cc1. The largest absolute Gasteiger partial charge is 0.453 e. The Labute approximate surface area is 171 Å². The molecule has 0 aliphatic carbocycles. The Bertz CT molecular complexity index is 925. The monoisotopic (exact) mass is 418 g/mol. The van der Waals surface area contributed by atoms with Gasteiger partial charge in [-0.2, -0.15) is 0 Å². The second-order valence-corrected chi connectivity index (χ2v) is 8.62. The molecule has 29 heavy (non-hydrogen) atoms. The lowest BCUT2D eigenvalue weighted by Gasteiger charge is -2.14. The van der Waals surface area contributed by atoms with Crippen LogP contribution in [0.2, 0.25) is 0 Å². The summed E-state index contributed by atoms with van der Waals surface area (Å²) in [5, 5.41) is 2.61. The molecule has 2 N–H and O–H groups in total. The number of benzene rings is 2. The minimum Gasteiger partial charge on any atom is -0.453 e. The maximum absolute atomic E-state index is 12.2. The average Bonchev–Trinajstić information content (AvgIpc) is 2.66. The van der Waals surface area contributed by atoms with Gasteiger partial charge in [0.1, 0.15) is 0 Å². The fourth-order valence-electron chi connectivity index (χ4n) is 2.54. The van der Waals surface area contributed by atoms with Crippen molar-refractivity contribution in [2.75, 3.05) is 5.32 Å². The molecule has 1 atom stereocenters. The van der Waals surface area contributed by atoms with E-state index in [-0.39, 0.29) is 17.4 Å². The molecule has 0 aromatic heterocycles. The highest BCUT2D eigenvalue weighted by Crippen LogP contribution is 2.15. The number of carbonyl (C=O) groups is 2. The van der Waals surface area contributed by atoms with E-state index in [2.05, 4.69) is 10.0 Å². The fraction of sp³-hybridized carbons (Fsp3) is 0.333. The van der Waals surface area contributed by atoms with Gasteiger partial charge in [-0.1, -0.05) is 30.3 Å². The molecule has 0 radical (unpaired) electrons. The van der Waals surface area contributed by atoms with Gasteiger partial charge >= 0.3 is 5.97 Å². The van der Waals surface area contributed by atoms with Crippen LogP contribution in [0.1, 0.15) is 32.8 Å². The zero-order valence-electron chi connectivity index (χ0n) is 16.7. The number of hydrogen-bond acceptors (Lipinski definition) is 5. The lowest BCUT2D eigenvalue weighted by atomic mass is 10.1. The summed E-state index contributed by atoms with van der Waals surface area (Å²) in [5.41, 5.74) is 1.43. The Hall–Kier alpha value is -2.71. The molecule has 7 nitrogen and oxygen atoms in total. The molecule has 2 aromatic carbocycles. The first-order valence-corrected chi connectivity index (χ1v) is 10.8. The number of ether oxygens (including phenoxy) is 1. The van der Waals surface area contributed by atoms with Crippen LogP contribution in [-0.4, -0.2) is 32.4 Å². The molecule has 1 unspecified atom stereocenters. The molecular weight excluding hydrogens is 392 g/mol. The average molecular weight is 419 g/mol. The highest BCUT2D eigenvalue weighted by Gasteiger charge is 2.19. The van der Waals surface area contributed by atoms with Gasteiger partial charge in [0.05, 0.1) is 4.90 Å². The smallest absolute Gasteiger partial charge is 0.306 e. The normalized spacial score (nSPS) is 12.4. The van der Waals surface area contributed by atoms with Gasteiger partial charge in [-0.15, -0.1) is 0 Å². The molecule has 0 bridgehead atoms. The number of aryl methyl sites for hydroxylation is 1. The van der Waals surface area contributed by atoms with Crippen molar-refractivity contribution in [1.82, 2.24) is 4.72 Å². The molecule has 0 saturated heterocycles. The number of hydrogen-bond donors (Lipinski definition) is 2. The zero-order valence-corrected chi connectivity index (χ0v) is 17.5. The summed E-state index contributed by atoms with van der Waals surface area (Å²) >= 11 is 0. The Morgan fingerprint density at radius 2 is 1.59 bits per heavy atom. The van der Waals surface area contributed by atoms with Crippen LogP contribution in [0.15, 0.2) is 59.5 Å². The maximum Gasteiger partial charge on any atom is 0.306 e. The van der Waals surface area contributed by atoms with Gasteiger partial charge in [0, 0.05) is 18.2 Å². The van der Waals surface area contributed by atoms with Crippen LogP contribution >= 0.6 is 0 Å². The summed E-state index contributed by atoms with van der Waals surface area (Å²) in [6.07, 6.45) is -0.255. The Morgan fingerprint density at radius 1 is 0.966 bits per heavy atom. The van der Waals surface area contributed by atoms with Gasteiger partial charge in [0.15, 0.2) is 6.10 Å². The first-order valence-electron chi connectivity index (χ1n) is 9.34. The minimum atomic E-state index is -3.60. The number of nitrogens with one attached hydrogen (secondary N) is 2. The van der Waals surface area contributed by atoms with Crippen LogP contribution in [0.3, 0.4) is 0 Å².